The van der Waals surface area contributed by atoms with Crippen molar-refractivity contribution >= 4 is 77.3 Å². The van der Waals surface area contributed by atoms with E-state index >= 15 is 0 Å². The topological polar surface area (TPSA) is 17.8 Å². The summed E-state index contributed by atoms with van der Waals surface area (Å²) in [5.41, 5.74) is 10.3. The molecule has 0 atom stereocenters. The maximum absolute atomic E-state index is 4.99. The van der Waals surface area contributed by atoms with E-state index in [1.165, 1.54) is 85.2 Å². The van der Waals surface area contributed by atoms with Crippen molar-refractivity contribution < 1.29 is 0 Å². The first-order chi connectivity index (χ1) is 19.9. The van der Waals surface area contributed by atoms with E-state index in [-0.39, 0.29) is 14.5 Å². The Morgan fingerprint density at radius 2 is 1.20 bits per heavy atom. The van der Waals surface area contributed by atoms with Crippen LogP contribution in [0.25, 0.3) is 90.7 Å². The van der Waals surface area contributed by atoms with E-state index in [0.29, 0.717) is 0 Å². The van der Waals surface area contributed by atoms with Crippen molar-refractivity contribution in [2.45, 2.75) is 0 Å². The van der Waals surface area contributed by atoms with Crippen molar-refractivity contribution in [2.75, 3.05) is 0 Å². The number of hydrogen-bond acceptors (Lipinski definition) is 1. The first-order valence-corrected chi connectivity index (χ1v) is 15.4. The van der Waals surface area contributed by atoms with Crippen molar-refractivity contribution in [3.05, 3.63) is 121 Å². The molecule has 0 amide bonds. The van der Waals surface area contributed by atoms with Crippen molar-refractivity contribution in [2.24, 2.45) is 0 Å². The molecule has 9 aromatic rings. The third kappa shape index (κ3) is 2.48. The number of pyridine rings is 1. The number of hydrogen-bond donors (Lipinski definition) is 0. The van der Waals surface area contributed by atoms with E-state index in [2.05, 4.69) is 120 Å². The van der Waals surface area contributed by atoms with E-state index in [0.717, 1.165) is 5.52 Å². The SMILES string of the molecule is c1ccc2c(c1)-c1cccc3c(-n4c5ccccc5c5c6cccnc6c6[se]c7ccccc7c6c54)ccc-2c13. The van der Waals surface area contributed by atoms with Crippen LogP contribution in [-0.4, -0.2) is 24.1 Å². The third-order valence-corrected chi connectivity index (χ3v) is 11.2. The molecule has 3 heteroatoms. The molecule has 40 heavy (non-hydrogen) atoms. The molecule has 0 saturated heterocycles. The van der Waals surface area contributed by atoms with Crippen LogP contribution in [0.5, 0.6) is 0 Å². The summed E-state index contributed by atoms with van der Waals surface area (Å²) >= 11 is 0.206. The summed E-state index contributed by atoms with van der Waals surface area (Å²) in [6.07, 6.45) is 1.95. The van der Waals surface area contributed by atoms with Crippen LogP contribution in [-0.2, 0) is 0 Å². The van der Waals surface area contributed by atoms with Gasteiger partial charge in [-0.1, -0.05) is 0 Å². The number of nitrogens with zero attached hydrogens (tertiary/aromatic N) is 2. The fraction of sp³-hybridized carbons (Fsp3) is 0. The fourth-order valence-corrected chi connectivity index (χ4v) is 9.77. The Labute approximate surface area is 235 Å². The van der Waals surface area contributed by atoms with Crippen LogP contribution < -0.4 is 0 Å². The van der Waals surface area contributed by atoms with Gasteiger partial charge in [-0.15, -0.1) is 0 Å². The third-order valence-electron chi connectivity index (χ3n) is 8.77. The molecule has 0 radical (unpaired) electrons. The molecule has 0 fully saturated rings. The molecule has 0 N–H and O–H groups in total. The fourth-order valence-electron chi connectivity index (χ4n) is 7.22. The van der Waals surface area contributed by atoms with Gasteiger partial charge >= 0.3 is 236 Å². The van der Waals surface area contributed by atoms with Crippen LogP contribution in [0, 0.1) is 0 Å². The second-order valence-electron chi connectivity index (χ2n) is 10.7. The Morgan fingerprint density at radius 3 is 2.10 bits per heavy atom. The molecule has 6 aromatic carbocycles. The molecule has 0 unspecified atom stereocenters. The molecule has 3 aromatic heterocycles. The van der Waals surface area contributed by atoms with Crippen LogP contribution >= 0.6 is 0 Å². The van der Waals surface area contributed by atoms with E-state index < -0.39 is 0 Å². The predicted molar refractivity (Wildman–Crippen MR) is 170 cm³/mol. The number of rotatable bonds is 1. The van der Waals surface area contributed by atoms with Gasteiger partial charge in [0.1, 0.15) is 0 Å². The Morgan fingerprint density at radius 1 is 0.500 bits per heavy atom. The molecular formula is C37H20N2Se. The van der Waals surface area contributed by atoms with Crippen molar-refractivity contribution in [3.8, 4) is 27.9 Å². The van der Waals surface area contributed by atoms with Gasteiger partial charge in [-0.2, -0.15) is 0 Å². The van der Waals surface area contributed by atoms with Gasteiger partial charge in [-0.05, 0) is 0 Å². The average molecular weight is 572 g/mol. The molecule has 2 nitrogen and oxygen atoms in total. The normalized spacial score (nSPS) is 12.5. The van der Waals surface area contributed by atoms with Gasteiger partial charge in [0, 0.05) is 0 Å². The van der Waals surface area contributed by atoms with Gasteiger partial charge in [-0.3, -0.25) is 0 Å². The quantitative estimate of drug-likeness (QED) is 0.180. The van der Waals surface area contributed by atoms with Gasteiger partial charge in [0.15, 0.2) is 0 Å². The Hall–Kier alpha value is -4.69. The van der Waals surface area contributed by atoms with Crippen LogP contribution in [0.15, 0.2) is 121 Å². The van der Waals surface area contributed by atoms with E-state index in [4.69, 9.17) is 4.98 Å². The molecule has 3 heterocycles. The van der Waals surface area contributed by atoms with Gasteiger partial charge in [0.2, 0.25) is 0 Å². The van der Waals surface area contributed by atoms with Crippen molar-refractivity contribution in [1.29, 1.82) is 0 Å². The maximum atomic E-state index is 4.99. The summed E-state index contributed by atoms with van der Waals surface area (Å²) in [5.74, 6) is 0. The predicted octanol–water partition coefficient (Wildman–Crippen LogP) is 9.50. The van der Waals surface area contributed by atoms with Gasteiger partial charge in [-0.25, -0.2) is 0 Å². The summed E-state index contributed by atoms with van der Waals surface area (Å²) in [5, 5.41) is 9.20. The molecule has 184 valence electrons. The van der Waals surface area contributed by atoms with Gasteiger partial charge in [0.25, 0.3) is 0 Å². The van der Waals surface area contributed by atoms with Crippen molar-refractivity contribution in [1.82, 2.24) is 9.55 Å². The van der Waals surface area contributed by atoms with Gasteiger partial charge < -0.3 is 0 Å². The number of fused-ring (bicyclic) bond motifs is 13. The first kappa shape index (κ1) is 21.2. The standard InChI is InChI=1S/C37H20N2Se/c1-2-10-22-21(9-1)23-13-7-14-25-30(19-18-24(22)32(23)25)39-29-16-5-3-11-26(29)33-28-15-8-20-38-35(28)37-34(36(33)39)27-12-4-6-17-31(27)40-37/h1-20H. The Balaban J connectivity index is 1.49. The second-order valence-corrected chi connectivity index (χ2v) is 12.9. The molecular weight excluding hydrogens is 551 g/mol. The zero-order valence-electron chi connectivity index (χ0n) is 21.3. The monoisotopic (exact) mass is 572 g/mol. The Kier molecular flexibility index (Phi) is 3.96. The number of benzene rings is 6. The second kappa shape index (κ2) is 7.49. The Bertz CT molecular complexity index is 2520. The molecule has 1 aliphatic carbocycles. The summed E-state index contributed by atoms with van der Waals surface area (Å²) in [6, 6.07) is 42.6. The van der Waals surface area contributed by atoms with E-state index in [9.17, 15) is 0 Å². The van der Waals surface area contributed by atoms with Crippen LogP contribution in [0.2, 0.25) is 0 Å². The first-order valence-electron chi connectivity index (χ1n) is 13.7. The summed E-state index contributed by atoms with van der Waals surface area (Å²) < 4.78 is 5.40. The molecule has 0 saturated carbocycles. The minimum atomic E-state index is 0.206. The van der Waals surface area contributed by atoms with Crippen LogP contribution in [0.1, 0.15) is 0 Å². The summed E-state index contributed by atoms with van der Waals surface area (Å²) in [4.78, 5) is 4.99. The molecule has 1 aliphatic rings. The molecule has 0 spiro atoms. The number of para-hydroxylation sites is 1. The zero-order valence-corrected chi connectivity index (χ0v) is 23.1. The minimum absolute atomic E-state index is 0.206. The number of aromatic nitrogens is 2. The van der Waals surface area contributed by atoms with Gasteiger partial charge in [0.05, 0.1) is 0 Å². The van der Waals surface area contributed by atoms with Crippen molar-refractivity contribution in [3.63, 3.8) is 0 Å². The van der Waals surface area contributed by atoms with Crippen LogP contribution in [0.3, 0.4) is 0 Å². The summed E-state index contributed by atoms with van der Waals surface area (Å²) in [7, 11) is 0. The zero-order chi connectivity index (χ0) is 25.9. The summed E-state index contributed by atoms with van der Waals surface area (Å²) in [6.45, 7) is 0. The molecule has 10 rings (SSSR count). The van der Waals surface area contributed by atoms with E-state index in [1.807, 2.05) is 6.20 Å². The molecule has 0 bridgehead atoms. The van der Waals surface area contributed by atoms with Crippen LogP contribution in [0.4, 0.5) is 0 Å². The average Bonchev–Trinajstić information content (AvgIpc) is 3.67. The molecule has 0 aliphatic heterocycles. The van der Waals surface area contributed by atoms with E-state index in [1.54, 1.807) is 0 Å².